The third-order valence-electron chi connectivity index (χ3n) is 2.45. The fraction of sp³-hybridized carbons (Fsp3) is 0. The van der Waals surface area contributed by atoms with E-state index in [1.54, 1.807) is 30.3 Å². The summed E-state index contributed by atoms with van der Waals surface area (Å²) in [5.74, 6) is -0.436. The van der Waals surface area contributed by atoms with E-state index in [-0.39, 0.29) is 70.5 Å². The molecule has 2 rings (SSSR count). The molecule has 0 aromatic heterocycles. The van der Waals surface area contributed by atoms with Gasteiger partial charge in [0.15, 0.2) is 0 Å². The van der Waals surface area contributed by atoms with Crippen molar-refractivity contribution in [3.05, 3.63) is 54.1 Å². The Kier molecular flexibility index (Phi) is 8.89. The van der Waals surface area contributed by atoms with E-state index in [2.05, 4.69) is 11.4 Å². The Labute approximate surface area is 172 Å². The predicted octanol–water partition coefficient (Wildman–Crippen LogP) is 0.271. The molecule has 9 heteroatoms. The van der Waals surface area contributed by atoms with E-state index in [0.717, 1.165) is 12.1 Å². The van der Waals surface area contributed by atoms with Crippen LogP contribution in [0.1, 0.15) is 10.4 Å². The van der Waals surface area contributed by atoms with E-state index in [0.29, 0.717) is 5.56 Å². The normalized spacial score (nSPS) is 10.0. The van der Waals surface area contributed by atoms with Gasteiger partial charge >= 0.3 is 59.1 Å². The topological polar surface area (TPSA) is 109 Å². The van der Waals surface area contributed by atoms with E-state index in [1.165, 1.54) is 0 Å². The monoisotopic (exact) mass is 339 g/mol. The van der Waals surface area contributed by atoms with Crippen molar-refractivity contribution < 1.29 is 17.8 Å². The van der Waals surface area contributed by atoms with Crippen molar-refractivity contribution in [1.82, 2.24) is 0 Å². The molecule has 4 N–H and O–H groups in total. The second-order valence-electron chi connectivity index (χ2n) is 3.98. The number of nitrogen functional groups attached to an aromatic ring is 1. The van der Waals surface area contributed by atoms with Crippen molar-refractivity contribution in [2.24, 2.45) is 0 Å². The van der Waals surface area contributed by atoms with Crippen LogP contribution in [0.2, 0.25) is 0 Å². The van der Waals surface area contributed by atoms with Gasteiger partial charge in [0.1, 0.15) is 0 Å². The van der Waals surface area contributed by atoms with Gasteiger partial charge in [0.25, 0.3) is 16.0 Å². The van der Waals surface area contributed by atoms with Gasteiger partial charge in [0, 0.05) is 17.3 Å². The van der Waals surface area contributed by atoms with Crippen LogP contribution in [0.3, 0.4) is 0 Å². The molecule has 2 aromatic carbocycles. The second kappa shape index (κ2) is 9.05. The maximum absolute atomic E-state index is 11.9. The number of carbonyl (C=O) groups excluding carboxylic acids is 1. The summed E-state index contributed by atoms with van der Waals surface area (Å²) in [4.78, 5) is 11.5. The fourth-order valence-electron chi connectivity index (χ4n) is 1.57. The molecule has 0 atom stereocenters. The number of nitrogens with one attached hydrogen (secondary N) is 1. The van der Waals surface area contributed by atoms with Crippen LogP contribution in [0.15, 0.2) is 47.4 Å². The van der Waals surface area contributed by atoms with Crippen LogP contribution in [0.4, 0.5) is 11.4 Å². The number of carbonyl (C=O) groups is 1. The Bertz CT molecular complexity index is 752. The standard InChI is InChI=1S/C13H11N2O4S.2Na.2H/c14-10-6-11(8-12(7-10)20(17,18)19)15-13(16)9-4-2-1-3-5-9;;;;/h1-5,7-8H,14H2,(H,15,16)(H,17,18,19);;;;. The number of hydrogen-bond donors (Lipinski definition) is 3. The van der Waals surface area contributed by atoms with Gasteiger partial charge < -0.3 is 11.1 Å². The average molecular weight is 339 g/mol. The van der Waals surface area contributed by atoms with Gasteiger partial charge in [0.05, 0.1) is 10.6 Å². The molecule has 0 saturated heterocycles. The summed E-state index contributed by atoms with van der Waals surface area (Å²) in [6.45, 7) is 0. The molecule has 6 nitrogen and oxygen atoms in total. The molecule has 0 aliphatic heterocycles. The zero-order chi connectivity index (χ0) is 14.8. The van der Waals surface area contributed by atoms with Crippen molar-refractivity contribution in [2.75, 3.05) is 11.1 Å². The SMILES string of the molecule is Nc1[c]c(NC(=O)c2ccccc2)cc(S(=O)(=O)O)c1.[NaH].[NaH]. The van der Waals surface area contributed by atoms with Crippen LogP contribution in [0, 0.1) is 6.07 Å². The molecule has 0 saturated carbocycles. The third-order valence-corrected chi connectivity index (χ3v) is 3.28. The molecule has 0 heterocycles. The minimum atomic E-state index is -4.40. The minimum absolute atomic E-state index is 0. The molecule has 2 aromatic rings. The molecular formula is C13H13N2Na2O4S. The first-order chi connectivity index (χ1) is 9.36. The zero-order valence-corrected chi connectivity index (χ0v) is 11.0. The number of nitrogens with two attached hydrogens (primary N) is 1. The summed E-state index contributed by atoms with van der Waals surface area (Å²) in [5, 5.41) is 2.46. The number of benzene rings is 2. The van der Waals surface area contributed by atoms with E-state index in [9.17, 15) is 13.2 Å². The quantitative estimate of drug-likeness (QED) is 0.422. The molecule has 0 aliphatic rings. The van der Waals surface area contributed by atoms with E-state index < -0.39 is 20.9 Å². The number of rotatable bonds is 3. The Hall–Kier alpha value is -0.380. The van der Waals surface area contributed by atoms with Gasteiger partial charge in [-0.15, -0.1) is 0 Å². The first-order valence-corrected chi connectivity index (χ1v) is 6.97. The summed E-state index contributed by atoms with van der Waals surface area (Å²) in [7, 11) is -4.40. The van der Waals surface area contributed by atoms with Crippen molar-refractivity contribution in [1.29, 1.82) is 0 Å². The van der Waals surface area contributed by atoms with Crippen molar-refractivity contribution in [2.45, 2.75) is 4.90 Å². The molecule has 107 valence electrons. The first kappa shape index (κ1) is 21.6. The molecule has 22 heavy (non-hydrogen) atoms. The Morgan fingerprint density at radius 2 is 1.73 bits per heavy atom. The molecule has 0 unspecified atom stereocenters. The molecule has 0 aliphatic carbocycles. The van der Waals surface area contributed by atoms with Crippen LogP contribution < -0.4 is 11.1 Å². The Balaban J connectivity index is 0.00000220. The summed E-state index contributed by atoms with van der Waals surface area (Å²) >= 11 is 0. The number of hydrogen-bond acceptors (Lipinski definition) is 4. The van der Waals surface area contributed by atoms with Gasteiger partial charge in [-0.25, -0.2) is 0 Å². The van der Waals surface area contributed by atoms with Gasteiger partial charge in [-0.05, 0) is 24.3 Å². The fourth-order valence-corrected chi connectivity index (χ4v) is 2.11. The molecule has 1 amide bonds. The van der Waals surface area contributed by atoms with Crippen LogP contribution in [-0.2, 0) is 10.1 Å². The van der Waals surface area contributed by atoms with E-state index in [1.807, 2.05) is 0 Å². The number of amides is 1. The molecule has 0 fully saturated rings. The second-order valence-corrected chi connectivity index (χ2v) is 5.40. The zero-order valence-electron chi connectivity index (χ0n) is 10.2. The van der Waals surface area contributed by atoms with Crippen molar-refractivity contribution in [3.63, 3.8) is 0 Å². The van der Waals surface area contributed by atoms with Crippen LogP contribution in [0.5, 0.6) is 0 Å². The van der Waals surface area contributed by atoms with E-state index in [4.69, 9.17) is 10.3 Å². The molecule has 0 bridgehead atoms. The number of anilines is 2. The van der Waals surface area contributed by atoms with Crippen LogP contribution in [0.25, 0.3) is 0 Å². The predicted molar refractivity (Wildman–Crippen MR) is 88.2 cm³/mol. The van der Waals surface area contributed by atoms with Gasteiger partial charge in [-0.1, -0.05) is 18.2 Å². The summed E-state index contributed by atoms with van der Waals surface area (Å²) in [5.41, 5.74) is 5.94. The maximum atomic E-state index is 11.9. The van der Waals surface area contributed by atoms with Crippen molar-refractivity contribution in [3.8, 4) is 0 Å². The average Bonchev–Trinajstić information content (AvgIpc) is 2.38. The first-order valence-electron chi connectivity index (χ1n) is 5.53. The molecule has 0 spiro atoms. The van der Waals surface area contributed by atoms with Gasteiger partial charge in [0.2, 0.25) is 0 Å². The van der Waals surface area contributed by atoms with Gasteiger partial charge in [-0.3, -0.25) is 9.35 Å². The Morgan fingerprint density at radius 1 is 1.14 bits per heavy atom. The van der Waals surface area contributed by atoms with Crippen LogP contribution >= 0.6 is 0 Å². The summed E-state index contributed by atoms with van der Waals surface area (Å²) < 4.78 is 31.1. The van der Waals surface area contributed by atoms with Crippen molar-refractivity contribution >= 4 is 86.5 Å². The molecule has 1 radical (unpaired) electrons. The van der Waals surface area contributed by atoms with Gasteiger partial charge in [-0.2, -0.15) is 8.42 Å². The van der Waals surface area contributed by atoms with Crippen LogP contribution in [-0.4, -0.2) is 78.0 Å². The van der Waals surface area contributed by atoms with E-state index >= 15 is 0 Å². The Morgan fingerprint density at radius 3 is 2.27 bits per heavy atom. The molecular weight excluding hydrogens is 326 g/mol. The third kappa shape index (κ3) is 6.02. The summed E-state index contributed by atoms with van der Waals surface area (Å²) in [6.07, 6.45) is 0. The summed E-state index contributed by atoms with van der Waals surface area (Å²) in [6, 6.07) is 13.1.